The molecule has 120 valence electrons. The highest BCUT2D eigenvalue weighted by molar-refractivity contribution is 5.46. The third kappa shape index (κ3) is 2.68. The monoisotopic (exact) mass is 310 g/mol. The van der Waals surface area contributed by atoms with Crippen molar-refractivity contribution in [3.05, 3.63) is 70.5 Å². The molecule has 0 bridgehead atoms. The first-order valence-corrected chi connectivity index (χ1v) is 8.38. The molecule has 1 aliphatic carbocycles. The fourth-order valence-electron chi connectivity index (χ4n) is 4.34. The van der Waals surface area contributed by atoms with Crippen LogP contribution in [0.3, 0.4) is 0 Å². The Morgan fingerprint density at radius 3 is 2.70 bits per heavy atom. The van der Waals surface area contributed by atoms with Crippen molar-refractivity contribution in [1.29, 1.82) is 0 Å². The van der Waals surface area contributed by atoms with Crippen LogP contribution in [0.5, 0.6) is 0 Å². The van der Waals surface area contributed by atoms with Crippen LogP contribution in [-0.2, 0) is 6.42 Å². The van der Waals surface area contributed by atoms with Gasteiger partial charge in [0.15, 0.2) is 0 Å². The van der Waals surface area contributed by atoms with Crippen LogP contribution < -0.4 is 5.32 Å². The Morgan fingerprint density at radius 1 is 1.09 bits per heavy atom. The maximum absolute atomic E-state index is 13.9. The SMILES string of the molecule is CN(C)C[C@@H]1C[C@@H]2c3ccccc3Cc3ccc(F)cc3[C@H]2N1. The van der Waals surface area contributed by atoms with Crippen molar-refractivity contribution in [2.24, 2.45) is 0 Å². The Bertz CT molecular complexity index is 725. The number of likely N-dealkylation sites (N-methyl/N-ethyl adjacent to an activating group) is 1. The zero-order valence-corrected chi connectivity index (χ0v) is 13.7. The van der Waals surface area contributed by atoms with E-state index in [9.17, 15) is 4.39 Å². The minimum Gasteiger partial charge on any atom is -0.308 e. The standard InChI is InChI=1S/C20H23FN2/c1-23(2)12-16-11-19-17-6-4-3-5-13(17)9-14-7-8-15(21)10-18(14)20(19)22-16/h3-8,10,16,19-20,22H,9,11-12H2,1-2H3/t16-,19+,20+/m0/s1. The Balaban J connectivity index is 1.80. The van der Waals surface area contributed by atoms with Gasteiger partial charge in [-0.15, -0.1) is 0 Å². The van der Waals surface area contributed by atoms with Gasteiger partial charge in [0, 0.05) is 24.5 Å². The summed E-state index contributed by atoms with van der Waals surface area (Å²) >= 11 is 0. The number of fused-ring (bicyclic) bond motifs is 5. The lowest BCUT2D eigenvalue weighted by molar-refractivity contribution is 0.351. The first-order chi connectivity index (χ1) is 11.1. The average Bonchev–Trinajstić information content (AvgIpc) is 2.87. The molecular weight excluding hydrogens is 287 g/mol. The van der Waals surface area contributed by atoms with Gasteiger partial charge in [0.05, 0.1) is 0 Å². The van der Waals surface area contributed by atoms with Crippen LogP contribution in [0, 0.1) is 5.82 Å². The van der Waals surface area contributed by atoms with Crippen LogP contribution in [0.1, 0.15) is 40.6 Å². The van der Waals surface area contributed by atoms with Gasteiger partial charge in [-0.3, -0.25) is 0 Å². The minimum atomic E-state index is -0.133. The van der Waals surface area contributed by atoms with E-state index in [0.717, 1.165) is 24.9 Å². The average molecular weight is 310 g/mol. The normalized spacial score (nSPS) is 25.7. The molecule has 3 heteroatoms. The van der Waals surface area contributed by atoms with E-state index < -0.39 is 0 Å². The van der Waals surface area contributed by atoms with Gasteiger partial charge in [-0.25, -0.2) is 4.39 Å². The van der Waals surface area contributed by atoms with Gasteiger partial charge in [-0.1, -0.05) is 30.3 Å². The van der Waals surface area contributed by atoms with E-state index in [2.05, 4.69) is 48.6 Å². The number of hydrogen-bond acceptors (Lipinski definition) is 2. The molecular formula is C20H23FN2. The molecule has 3 atom stereocenters. The smallest absolute Gasteiger partial charge is 0.123 e. The molecule has 0 unspecified atom stereocenters. The summed E-state index contributed by atoms with van der Waals surface area (Å²) in [4.78, 5) is 2.22. The van der Waals surface area contributed by atoms with Gasteiger partial charge in [0.2, 0.25) is 0 Å². The summed E-state index contributed by atoms with van der Waals surface area (Å²) in [5, 5.41) is 3.78. The Kier molecular flexibility index (Phi) is 3.70. The van der Waals surface area contributed by atoms with Crippen molar-refractivity contribution in [1.82, 2.24) is 10.2 Å². The van der Waals surface area contributed by atoms with Gasteiger partial charge < -0.3 is 10.2 Å². The number of benzene rings is 2. The molecule has 1 heterocycles. The highest BCUT2D eigenvalue weighted by Crippen LogP contribution is 2.45. The lowest BCUT2D eigenvalue weighted by atomic mass is 9.87. The molecule has 2 aliphatic rings. The zero-order valence-electron chi connectivity index (χ0n) is 13.7. The lowest BCUT2D eigenvalue weighted by Crippen LogP contribution is -2.34. The van der Waals surface area contributed by atoms with Crippen LogP contribution >= 0.6 is 0 Å². The molecule has 1 saturated heterocycles. The molecule has 2 aromatic carbocycles. The van der Waals surface area contributed by atoms with E-state index in [4.69, 9.17) is 0 Å². The molecule has 0 radical (unpaired) electrons. The van der Waals surface area contributed by atoms with E-state index in [1.807, 2.05) is 6.07 Å². The van der Waals surface area contributed by atoms with Gasteiger partial charge in [0.1, 0.15) is 5.82 Å². The van der Waals surface area contributed by atoms with Crippen LogP contribution in [-0.4, -0.2) is 31.6 Å². The molecule has 1 aliphatic heterocycles. The highest BCUT2D eigenvalue weighted by Gasteiger charge is 2.39. The number of rotatable bonds is 2. The Hall–Kier alpha value is -1.71. The van der Waals surface area contributed by atoms with Crippen molar-refractivity contribution >= 4 is 0 Å². The van der Waals surface area contributed by atoms with E-state index in [1.54, 1.807) is 12.1 Å². The van der Waals surface area contributed by atoms with Crippen LogP contribution in [0.2, 0.25) is 0 Å². The molecule has 0 amide bonds. The molecule has 0 aromatic heterocycles. The topological polar surface area (TPSA) is 15.3 Å². The van der Waals surface area contributed by atoms with Crippen LogP contribution in [0.4, 0.5) is 4.39 Å². The summed E-state index contributed by atoms with van der Waals surface area (Å²) in [6, 6.07) is 14.7. The molecule has 23 heavy (non-hydrogen) atoms. The molecule has 4 rings (SSSR count). The van der Waals surface area contributed by atoms with Gasteiger partial charge >= 0.3 is 0 Å². The summed E-state index contributed by atoms with van der Waals surface area (Å²) in [7, 11) is 4.22. The Morgan fingerprint density at radius 2 is 1.87 bits per heavy atom. The molecule has 2 nitrogen and oxygen atoms in total. The number of halogens is 1. The number of nitrogens with zero attached hydrogens (tertiary/aromatic N) is 1. The largest absolute Gasteiger partial charge is 0.308 e. The first kappa shape index (κ1) is 14.9. The van der Waals surface area contributed by atoms with Crippen molar-refractivity contribution in [3.63, 3.8) is 0 Å². The van der Waals surface area contributed by atoms with E-state index in [0.29, 0.717) is 12.0 Å². The number of nitrogens with one attached hydrogen (secondary N) is 1. The highest BCUT2D eigenvalue weighted by atomic mass is 19.1. The van der Waals surface area contributed by atoms with Crippen molar-refractivity contribution < 1.29 is 4.39 Å². The van der Waals surface area contributed by atoms with Gasteiger partial charge in [0.25, 0.3) is 0 Å². The fraction of sp³-hybridized carbons (Fsp3) is 0.400. The summed E-state index contributed by atoms with van der Waals surface area (Å²) in [6.07, 6.45) is 2.01. The second-order valence-corrected chi connectivity index (χ2v) is 7.16. The second-order valence-electron chi connectivity index (χ2n) is 7.16. The predicted octanol–water partition coefficient (Wildman–Crippen LogP) is 3.48. The van der Waals surface area contributed by atoms with Gasteiger partial charge in [-0.05, 0) is 61.3 Å². The maximum atomic E-state index is 13.9. The van der Waals surface area contributed by atoms with Crippen molar-refractivity contribution in [3.8, 4) is 0 Å². The third-order valence-corrected chi connectivity index (χ3v) is 5.22. The van der Waals surface area contributed by atoms with Crippen LogP contribution in [0.25, 0.3) is 0 Å². The van der Waals surface area contributed by atoms with Crippen molar-refractivity contribution in [2.45, 2.75) is 30.8 Å². The molecule has 1 N–H and O–H groups in total. The quantitative estimate of drug-likeness (QED) is 0.913. The molecule has 1 fully saturated rings. The van der Waals surface area contributed by atoms with Crippen LogP contribution in [0.15, 0.2) is 42.5 Å². The van der Waals surface area contributed by atoms with Crippen molar-refractivity contribution in [2.75, 3.05) is 20.6 Å². The van der Waals surface area contributed by atoms with E-state index >= 15 is 0 Å². The summed E-state index contributed by atoms with van der Waals surface area (Å²) < 4.78 is 13.9. The van der Waals surface area contributed by atoms with E-state index in [1.165, 1.54) is 16.7 Å². The minimum absolute atomic E-state index is 0.133. The summed E-state index contributed by atoms with van der Waals surface area (Å²) in [5.41, 5.74) is 5.22. The maximum Gasteiger partial charge on any atom is 0.123 e. The van der Waals surface area contributed by atoms with Gasteiger partial charge in [-0.2, -0.15) is 0 Å². The second kappa shape index (κ2) is 5.73. The molecule has 0 spiro atoms. The predicted molar refractivity (Wildman–Crippen MR) is 91.2 cm³/mol. The summed E-state index contributed by atoms with van der Waals surface area (Å²) in [6.45, 7) is 1.01. The Labute approximate surface area is 137 Å². The van der Waals surface area contributed by atoms with E-state index in [-0.39, 0.29) is 11.9 Å². The summed E-state index contributed by atoms with van der Waals surface area (Å²) in [5.74, 6) is 0.297. The molecule has 0 saturated carbocycles. The fourth-order valence-corrected chi connectivity index (χ4v) is 4.34. The zero-order chi connectivity index (χ0) is 16.0. The molecule has 2 aromatic rings. The third-order valence-electron chi connectivity index (χ3n) is 5.22. The first-order valence-electron chi connectivity index (χ1n) is 8.38. The lowest BCUT2D eigenvalue weighted by Gasteiger charge is -2.21. The number of hydrogen-bond donors (Lipinski definition) is 1.